The smallest absolute Gasteiger partial charge is 0.158 e. The number of rotatable bonds is 3. The standard InChI is InChI=1S/C13H18N4/c1-2-10-4-3-5-11(6-10)17-13-9-15-12(7-14)8-16-13/h8-11H,2-6H2,1H3,(H,16,17). The number of hydrogen-bond donors (Lipinski definition) is 1. The lowest BCUT2D eigenvalue weighted by Gasteiger charge is -2.29. The van der Waals surface area contributed by atoms with E-state index >= 15 is 0 Å². The monoisotopic (exact) mass is 230 g/mol. The third-order valence-electron chi connectivity index (χ3n) is 3.48. The predicted molar refractivity (Wildman–Crippen MR) is 66.4 cm³/mol. The predicted octanol–water partition coefficient (Wildman–Crippen LogP) is 2.73. The first-order chi connectivity index (χ1) is 8.31. The molecule has 2 rings (SSSR count). The van der Waals surface area contributed by atoms with Gasteiger partial charge < -0.3 is 5.32 Å². The average Bonchev–Trinajstić information content (AvgIpc) is 2.40. The van der Waals surface area contributed by atoms with Crippen LogP contribution in [0.2, 0.25) is 0 Å². The van der Waals surface area contributed by atoms with Crippen molar-refractivity contribution in [2.24, 2.45) is 5.92 Å². The van der Waals surface area contributed by atoms with Gasteiger partial charge >= 0.3 is 0 Å². The SMILES string of the molecule is CCC1CCCC(Nc2cnc(C#N)cn2)C1. The highest BCUT2D eigenvalue weighted by Crippen LogP contribution is 2.28. The number of nitriles is 1. The fourth-order valence-electron chi connectivity index (χ4n) is 2.46. The van der Waals surface area contributed by atoms with Crippen molar-refractivity contribution in [2.75, 3.05) is 5.32 Å². The van der Waals surface area contributed by atoms with E-state index in [0.717, 1.165) is 11.7 Å². The lowest BCUT2D eigenvalue weighted by molar-refractivity contribution is 0.327. The fraction of sp³-hybridized carbons (Fsp3) is 0.615. The summed E-state index contributed by atoms with van der Waals surface area (Å²) in [6, 6.07) is 2.48. The largest absolute Gasteiger partial charge is 0.366 e. The van der Waals surface area contributed by atoms with Crippen LogP contribution in [0.4, 0.5) is 5.82 Å². The second kappa shape index (κ2) is 5.62. The molecule has 0 aliphatic heterocycles. The molecule has 1 N–H and O–H groups in total. The Labute approximate surface area is 102 Å². The number of nitrogens with one attached hydrogen (secondary N) is 1. The van der Waals surface area contributed by atoms with E-state index in [0.29, 0.717) is 11.7 Å². The molecule has 0 spiro atoms. The van der Waals surface area contributed by atoms with Crippen molar-refractivity contribution in [3.63, 3.8) is 0 Å². The Balaban J connectivity index is 1.93. The molecule has 0 amide bonds. The van der Waals surface area contributed by atoms with Crippen LogP contribution < -0.4 is 5.32 Å². The second-order valence-electron chi connectivity index (χ2n) is 4.68. The van der Waals surface area contributed by atoms with Gasteiger partial charge in [0.25, 0.3) is 0 Å². The Morgan fingerprint density at radius 1 is 1.41 bits per heavy atom. The molecule has 0 radical (unpaired) electrons. The van der Waals surface area contributed by atoms with Crippen molar-refractivity contribution in [2.45, 2.75) is 45.1 Å². The van der Waals surface area contributed by atoms with E-state index in [9.17, 15) is 0 Å². The summed E-state index contributed by atoms with van der Waals surface area (Å²) in [5.74, 6) is 1.62. The maximum atomic E-state index is 8.64. The van der Waals surface area contributed by atoms with Gasteiger partial charge in [-0.1, -0.05) is 26.2 Å². The van der Waals surface area contributed by atoms with Crippen LogP contribution in [0.1, 0.15) is 44.7 Å². The average molecular weight is 230 g/mol. The molecule has 0 bridgehead atoms. The summed E-state index contributed by atoms with van der Waals surface area (Å²) < 4.78 is 0. The first kappa shape index (κ1) is 11.8. The Morgan fingerprint density at radius 2 is 2.29 bits per heavy atom. The molecule has 2 unspecified atom stereocenters. The third-order valence-corrected chi connectivity index (χ3v) is 3.48. The summed E-state index contributed by atoms with van der Waals surface area (Å²) in [6.45, 7) is 2.26. The molecule has 1 aromatic rings. The van der Waals surface area contributed by atoms with Crippen LogP contribution >= 0.6 is 0 Å². The summed E-state index contributed by atoms with van der Waals surface area (Å²) in [7, 11) is 0. The van der Waals surface area contributed by atoms with Crippen molar-refractivity contribution in [1.29, 1.82) is 5.26 Å². The van der Waals surface area contributed by atoms with Crippen LogP contribution in [0.15, 0.2) is 12.4 Å². The molecule has 17 heavy (non-hydrogen) atoms. The van der Waals surface area contributed by atoms with E-state index in [4.69, 9.17) is 5.26 Å². The minimum atomic E-state index is 0.366. The van der Waals surface area contributed by atoms with Crippen molar-refractivity contribution in [3.05, 3.63) is 18.1 Å². The molecular weight excluding hydrogens is 212 g/mol. The van der Waals surface area contributed by atoms with E-state index in [2.05, 4.69) is 22.2 Å². The van der Waals surface area contributed by atoms with Crippen LogP contribution in [0, 0.1) is 17.2 Å². The summed E-state index contributed by atoms with van der Waals surface area (Å²) in [5, 5.41) is 12.1. The van der Waals surface area contributed by atoms with E-state index < -0.39 is 0 Å². The van der Waals surface area contributed by atoms with E-state index in [1.54, 1.807) is 6.20 Å². The first-order valence-electron chi connectivity index (χ1n) is 6.30. The Morgan fingerprint density at radius 3 is 2.94 bits per heavy atom. The van der Waals surface area contributed by atoms with Crippen molar-refractivity contribution < 1.29 is 0 Å². The molecule has 4 nitrogen and oxygen atoms in total. The molecule has 1 aliphatic carbocycles. The van der Waals surface area contributed by atoms with Gasteiger partial charge in [-0.15, -0.1) is 0 Å². The minimum absolute atomic E-state index is 0.366. The molecule has 0 saturated heterocycles. The molecule has 0 aromatic carbocycles. The number of anilines is 1. The quantitative estimate of drug-likeness (QED) is 0.867. The molecular formula is C13H18N4. The third kappa shape index (κ3) is 3.16. The van der Waals surface area contributed by atoms with Crippen molar-refractivity contribution >= 4 is 5.82 Å². The fourth-order valence-corrected chi connectivity index (χ4v) is 2.46. The zero-order chi connectivity index (χ0) is 12.1. The molecule has 1 aromatic heterocycles. The van der Waals surface area contributed by atoms with Crippen LogP contribution in [0.3, 0.4) is 0 Å². The van der Waals surface area contributed by atoms with Crippen LogP contribution in [-0.2, 0) is 0 Å². The highest BCUT2D eigenvalue weighted by Gasteiger charge is 2.20. The zero-order valence-corrected chi connectivity index (χ0v) is 10.2. The summed E-state index contributed by atoms with van der Waals surface area (Å²) in [4.78, 5) is 8.21. The summed E-state index contributed by atoms with van der Waals surface area (Å²) >= 11 is 0. The van der Waals surface area contributed by atoms with Gasteiger partial charge in [-0.2, -0.15) is 5.26 Å². The Bertz CT molecular complexity index is 393. The van der Waals surface area contributed by atoms with Gasteiger partial charge in [0.2, 0.25) is 0 Å². The van der Waals surface area contributed by atoms with Gasteiger partial charge in [0.1, 0.15) is 11.9 Å². The van der Waals surface area contributed by atoms with Crippen LogP contribution in [0.25, 0.3) is 0 Å². The molecule has 4 heteroatoms. The van der Waals surface area contributed by atoms with E-state index in [-0.39, 0.29) is 0 Å². The van der Waals surface area contributed by atoms with Crippen molar-refractivity contribution in [1.82, 2.24) is 9.97 Å². The van der Waals surface area contributed by atoms with Gasteiger partial charge in [-0.25, -0.2) is 9.97 Å². The van der Waals surface area contributed by atoms with E-state index in [1.807, 2.05) is 6.07 Å². The number of nitrogens with zero attached hydrogens (tertiary/aromatic N) is 3. The number of hydrogen-bond acceptors (Lipinski definition) is 4. The van der Waals surface area contributed by atoms with Gasteiger partial charge in [-0.05, 0) is 18.8 Å². The lowest BCUT2D eigenvalue weighted by atomic mass is 9.84. The Hall–Kier alpha value is -1.63. The normalized spacial score (nSPS) is 24.0. The molecule has 1 fully saturated rings. The summed E-state index contributed by atoms with van der Waals surface area (Å²) in [6.07, 6.45) is 9.50. The minimum Gasteiger partial charge on any atom is -0.366 e. The van der Waals surface area contributed by atoms with Gasteiger partial charge in [0, 0.05) is 6.04 Å². The lowest BCUT2D eigenvalue weighted by Crippen LogP contribution is -2.27. The summed E-state index contributed by atoms with van der Waals surface area (Å²) in [5.41, 5.74) is 0.366. The molecule has 1 heterocycles. The maximum Gasteiger partial charge on any atom is 0.158 e. The van der Waals surface area contributed by atoms with Crippen LogP contribution in [-0.4, -0.2) is 16.0 Å². The molecule has 1 aliphatic rings. The molecule has 1 saturated carbocycles. The number of aromatic nitrogens is 2. The molecule has 90 valence electrons. The van der Waals surface area contributed by atoms with Gasteiger partial charge in [0.05, 0.1) is 12.4 Å². The van der Waals surface area contributed by atoms with Gasteiger partial charge in [0.15, 0.2) is 5.69 Å². The zero-order valence-electron chi connectivity index (χ0n) is 10.2. The topological polar surface area (TPSA) is 61.6 Å². The second-order valence-corrected chi connectivity index (χ2v) is 4.68. The van der Waals surface area contributed by atoms with Crippen LogP contribution in [0.5, 0.6) is 0 Å². The van der Waals surface area contributed by atoms with E-state index in [1.165, 1.54) is 38.3 Å². The highest BCUT2D eigenvalue weighted by molar-refractivity contribution is 5.34. The maximum absolute atomic E-state index is 8.64. The van der Waals surface area contributed by atoms with Crippen molar-refractivity contribution in [3.8, 4) is 6.07 Å². The first-order valence-corrected chi connectivity index (χ1v) is 6.30. The Kier molecular flexibility index (Phi) is 3.92. The highest BCUT2D eigenvalue weighted by atomic mass is 15.0. The van der Waals surface area contributed by atoms with Gasteiger partial charge in [-0.3, -0.25) is 0 Å². The molecule has 2 atom stereocenters.